The normalized spacial score (nSPS) is 15.1. The summed E-state index contributed by atoms with van der Waals surface area (Å²) in [6.45, 7) is 3.67. The predicted molar refractivity (Wildman–Crippen MR) is 112 cm³/mol. The highest BCUT2D eigenvalue weighted by Gasteiger charge is 2.34. The Labute approximate surface area is 176 Å². The van der Waals surface area contributed by atoms with Gasteiger partial charge in [-0.25, -0.2) is 4.39 Å². The zero-order valence-electron chi connectivity index (χ0n) is 15.5. The highest BCUT2D eigenvalue weighted by atomic mass is 35.5. The summed E-state index contributed by atoms with van der Waals surface area (Å²) in [6.07, 6.45) is 3.05. The fourth-order valence-electron chi connectivity index (χ4n) is 2.67. The van der Waals surface area contributed by atoms with Gasteiger partial charge < -0.3 is 9.47 Å². The minimum absolute atomic E-state index is 0.0253. The number of imide groups is 1. The second-order valence-corrected chi connectivity index (χ2v) is 7.40. The van der Waals surface area contributed by atoms with Crippen LogP contribution in [-0.4, -0.2) is 29.7 Å². The number of thioether (sulfide) groups is 1. The highest BCUT2D eigenvalue weighted by molar-refractivity contribution is 8.18. The van der Waals surface area contributed by atoms with E-state index in [4.69, 9.17) is 21.1 Å². The van der Waals surface area contributed by atoms with E-state index >= 15 is 0 Å². The molecule has 1 aliphatic heterocycles. The summed E-state index contributed by atoms with van der Waals surface area (Å²) in [7, 11) is 1.45. The Balaban J connectivity index is 1.85. The first-order valence-corrected chi connectivity index (χ1v) is 9.74. The summed E-state index contributed by atoms with van der Waals surface area (Å²) in [5.41, 5.74) is 0.944. The van der Waals surface area contributed by atoms with Crippen LogP contribution in [0.25, 0.3) is 6.08 Å². The van der Waals surface area contributed by atoms with Crippen molar-refractivity contribution in [3.8, 4) is 11.5 Å². The van der Waals surface area contributed by atoms with Crippen LogP contribution in [0.2, 0.25) is 5.02 Å². The fraction of sp³-hybridized carbons (Fsp3) is 0.143. The number of carbonyl (C=O) groups is 2. The number of hydrogen-bond donors (Lipinski definition) is 0. The van der Waals surface area contributed by atoms with Gasteiger partial charge in [-0.15, -0.1) is 6.58 Å². The zero-order valence-corrected chi connectivity index (χ0v) is 17.1. The number of ether oxygens (including phenoxy) is 2. The third-order valence-corrected chi connectivity index (χ3v) is 5.25. The number of nitrogens with zero attached hydrogens (tertiary/aromatic N) is 1. The molecule has 2 amide bonds. The maximum Gasteiger partial charge on any atom is 0.293 e. The van der Waals surface area contributed by atoms with Crippen molar-refractivity contribution in [2.24, 2.45) is 0 Å². The van der Waals surface area contributed by atoms with Crippen LogP contribution < -0.4 is 9.47 Å². The van der Waals surface area contributed by atoms with Crippen molar-refractivity contribution in [3.05, 3.63) is 75.9 Å². The molecule has 29 heavy (non-hydrogen) atoms. The number of hydrogen-bond acceptors (Lipinski definition) is 5. The van der Waals surface area contributed by atoms with Crippen molar-refractivity contribution in [3.63, 3.8) is 0 Å². The lowest BCUT2D eigenvalue weighted by atomic mass is 10.1. The van der Waals surface area contributed by atoms with Crippen molar-refractivity contribution in [2.45, 2.75) is 6.61 Å². The molecular weight excluding hydrogens is 417 g/mol. The van der Waals surface area contributed by atoms with E-state index in [1.807, 2.05) is 0 Å². The van der Waals surface area contributed by atoms with Crippen LogP contribution in [0, 0.1) is 5.82 Å². The van der Waals surface area contributed by atoms with Crippen LogP contribution in [0.5, 0.6) is 11.5 Å². The van der Waals surface area contributed by atoms with Gasteiger partial charge in [-0.2, -0.15) is 0 Å². The van der Waals surface area contributed by atoms with Crippen LogP contribution in [0.3, 0.4) is 0 Å². The average molecular weight is 434 g/mol. The van der Waals surface area contributed by atoms with Crippen molar-refractivity contribution in [2.75, 3.05) is 13.7 Å². The molecule has 0 atom stereocenters. The first kappa shape index (κ1) is 21.0. The van der Waals surface area contributed by atoms with Gasteiger partial charge in [0.25, 0.3) is 11.1 Å². The lowest BCUT2D eigenvalue weighted by molar-refractivity contribution is -0.122. The largest absolute Gasteiger partial charge is 0.493 e. The molecule has 1 fully saturated rings. The van der Waals surface area contributed by atoms with Crippen LogP contribution in [0.4, 0.5) is 9.18 Å². The Morgan fingerprint density at radius 3 is 2.72 bits per heavy atom. The third-order valence-electron chi connectivity index (χ3n) is 4.06. The number of rotatable bonds is 7. The van der Waals surface area contributed by atoms with Gasteiger partial charge >= 0.3 is 0 Å². The maximum absolute atomic E-state index is 13.8. The molecule has 0 aliphatic carbocycles. The molecule has 0 saturated carbocycles. The lowest BCUT2D eigenvalue weighted by Crippen LogP contribution is -2.27. The van der Waals surface area contributed by atoms with Gasteiger partial charge in [0.15, 0.2) is 11.5 Å². The monoisotopic (exact) mass is 433 g/mol. The summed E-state index contributed by atoms with van der Waals surface area (Å²) >= 11 is 7.18. The van der Waals surface area contributed by atoms with Gasteiger partial charge in [0.05, 0.1) is 17.0 Å². The van der Waals surface area contributed by atoms with Crippen LogP contribution >= 0.6 is 23.4 Å². The van der Waals surface area contributed by atoms with Gasteiger partial charge in [-0.05, 0) is 41.6 Å². The average Bonchev–Trinajstić information content (AvgIpc) is 2.95. The second-order valence-electron chi connectivity index (χ2n) is 6.00. The topological polar surface area (TPSA) is 55.8 Å². The van der Waals surface area contributed by atoms with E-state index in [9.17, 15) is 14.0 Å². The molecule has 0 radical (unpaired) electrons. The number of methoxy groups -OCH3 is 1. The standard InChI is InChI=1S/C21H17ClFNO4S/c1-3-8-24-20(25)18(29-21(24)26)11-13-9-15(22)19(17(10-13)27-2)28-12-14-6-4-5-7-16(14)23/h3-7,9-11H,1,8,12H2,2H3/b18-11+. The number of amides is 2. The summed E-state index contributed by atoms with van der Waals surface area (Å²) in [4.78, 5) is 25.7. The Kier molecular flexibility index (Phi) is 6.61. The summed E-state index contributed by atoms with van der Waals surface area (Å²) in [6, 6.07) is 9.48. The maximum atomic E-state index is 13.8. The molecule has 2 aromatic rings. The van der Waals surface area contributed by atoms with Gasteiger partial charge in [0.1, 0.15) is 12.4 Å². The minimum Gasteiger partial charge on any atom is -0.493 e. The predicted octanol–water partition coefficient (Wildman–Crippen LogP) is 5.29. The summed E-state index contributed by atoms with van der Waals surface area (Å²) in [5, 5.41) is -0.124. The molecule has 3 rings (SSSR count). The minimum atomic E-state index is -0.394. The van der Waals surface area contributed by atoms with Gasteiger partial charge in [0, 0.05) is 12.1 Å². The first-order valence-electron chi connectivity index (χ1n) is 8.54. The molecule has 8 heteroatoms. The van der Waals surface area contributed by atoms with E-state index in [-0.39, 0.29) is 39.9 Å². The Hall–Kier alpha value is -2.77. The van der Waals surface area contributed by atoms with E-state index in [1.165, 1.54) is 19.3 Å². The van der Waals surface area contributed by atoms with Crippen molar-refractivity contribution in [1.82, 2.24) is 4.90 Å². The Bertz CT molecular complexity index is 1010. The SMILES string of the molecule is C=CCN1C(=O)S/C(=C/c2cc(Cl)c(OCc3ccccc3F)c(OC)c2)C1=O. The molecule has 0 bridgehead atoms. The number of carbonyl (C=O) groups excluding carboxylic acids is 2. The fourth-order valence-corrected chi connectivity index (χ4v) is 3.79. The van der Waals surface area contributed by atoms with Crippen LogP contribution in [0.1, 0.15) is 11.1 Å². The van der Waals surface area contributed by atoms with E-state index in [1.54, 1.807) is 36.4 Å². The second kappa shape index (κ2) is 9.15. The zero-order chi connectivity index (χ0) is 21.0. The van der Waals surface area contributed by atoms with Crippen LogP contribution in [0.15, 0.2) is 54.0 Å². The van der Waals surface area contributed by atoms with Crippen molar-refractivity contribution >= 4 is 40.6 Å². The summed E-state index contributed by atoms with van der Waals surface area (Å²) < 4.78 is 24.8. The first-order chi connectivity index (χ1) is 13.9. The molecule has 1 aliphatic rings. The van der Waals surface area contributed by atoms with E-state index in [2.05, 4.69) is 6.58 Å². The molecule has 0 N–H and O–H groups in total. The third kappa shape index (κ3) is 4.63. The van der Waals surface area contributed by atoms with E-state index in [0.29, 0.717) is 16.9 Å². The Morgan fingerprint density at radius 1 is 1.28 bits per heavy atom. The number of halogens is 2. The summed E-state index contributed by atoms with van der Waals surface area (Å²) in [5.74, 6) is -0.191. The molecule has 0 unspecified atom stereocenters. The Morgan fingerprint density at radius 2 is 2.03 bits per heavy atom. The molecule has 1 saturated heterocycles. The van der Waals surface area contributed by atoms with Crippen molar-refractivity contribution in [1.29, 1.82) is 0 Å². The van der Waals surface area contributed by atoms with E-state index < -0.39 is 5.91 Å². The van der Waals surface area contributed by atoms with Gasteiger partial charge in [0.2, 0.25) is 0 Å². The molecule has 5 nitrogen and oxygen atoms in total. The molecule has 1 heterocycles. The lowest BCUT2D eigenvalue weighted by Gasteiger charge is -2.14. The highest BCUT2D eigenvalue weighted by Crippen LogP contribution is 2.39. The van der Waals surface area contributed by atoms with Crippen LogP contribution in [-0.2, 0) is 11.4 Å². The molecule has 0 spiro atoms. The smallest absolute Gasteiger partial charge is 0.293 e. The molecule has 2 aromatic carbocycles. The molecule has 0 aromatic heterocycles. The van der Waals surface area contributed by atoms with E-state index in [0.717, 1.165) is 16.7 Å². The molecule has 150 valence electrons. The number of benzene rings is 2. The van der Waals surface area contributed by atoms with Crippen molar-refractivity contribution < 1.29 is 23.5 Å². The quantitative estimate of drug-likeness (QED) is 0.438. The van der Waals surface area contributed by atoms with Gasteiger partial charge in [-0.3, -0.25) is 14.5 Å². The molecular formula is C21H17ClFNO4S. The van der Waals surface area contributed by atoms with Gasteiger partial charge in [-0.1, -0.05) is 35.9 Å².